The van der Waals surface area contributed by atoms with E-state index in [0.29, 0.717) is 71.2 Å². The highest BCUT2D eigenvalue weighted by molar-refractivity contribution is 6.25. The van der Waals surface area contributed by atoms with Crippen LogP contribution in [-0.2, 0) is 42.6 Å². The summed E-state index contributed by atoms with van der Waals surface area (Å²) in [6.45, 7) is 11.1. The van der Waals surface area contributed by atoms with E-state index in [1.807, 2.05) is 30.5 Å². The summed E-state index contributed by atoms with van der Waals surface area (Å²) in [7, 11) is 1.68. The van der Waals surface area contributed by atoms with Crippen LogP contribution in [-0.4, -0.2) is 127 Å². The zero-order valence-electron chi connectivity index (χ0n) is 40.8. The molecule has 10 heterocycles. The van der Waals surface area contributed by atoms with E-state index in [2.05, 4.69) is 55.7 Å². The minimum atomic E-state index is -1.04. The van der Waals surface area contributed by atoms with Crippen molar-refractivity contribution in [1.82, 2.24) is 34.2 Å². The van der Waals surface area contributed by atoms with Crippen LogP contribution in [0.25, 0.3) is 11.1 Å². The molecule has 12 rings (SSSR count). The molecule has 6 aliphatic heterocycles. The van der Waals surface area contributed by atoms with Gasteiger partial charge >= 0.3 is 0 Å². The minimum Gasteiger partial charge on any atom is -0.488 e. The highest BCUT2D eigenvalue weighted by atomic mass is 16.5. The van der Waals surface area contributed by atoms with Crippen LogP contribution in [0.2, 0.25) is 0 Å². The summed E-state index contributed by atoms with van der Waals surface area (Å²) in [6.07, 6.45) is 9.00. The summed E-state index contributed by atoms with van der Waals surface area (Å²) in [5.74, 6) is -1.01. The molecule has 4 atom stereocenters. The number of ether oxygens (including phenoxy) is 1. The van der Waals surface area contributed by atoms with Gasteiger partial charge in [0.1, 0.15) is 35.7 Å². The molecule has 4 aromatic heterocycles. The van der Waals surface area contributed by atoms with Gasteiger partial charge in [0.25, 0.3) is 23.3 Å². The molecule has 0 radical (unpaired) electrons. The number of amides is 5. The predicted octanol–water partition coefficient (Wildman–Crippen LogP) is 4.01. The maximum absolute atomic E-state index is 14.0. The maximum atomic E-state index is 14.0. The van der Waals surface area contributed by atoms with Crippen LogP contribution in [0.1, 0.15) is 94.5 Å². The second-order valence-corrected chi connectivity index (χ2v) is 21.2. The Labute approximate surface area is 415 Å². The Kier molecular flexibility index (Phi) is 10.9. The number of aliphatic hydroxyl groups excluding tert-OH is 1. The summed E-state index contributed by atoms with van der Waals surface area (Å²) in [4.78, 5) is 98.5. The third-order valence-corrected chi connectivity index (χ3v) is 16.0. The zero-order valence-corrected chi connectivity index (χ0v) is 40.8. The second-order valence-electron chi connectivity index (χ2n) is 21.2. The van der Waals surface area contributed by atoms with Gasteiger partial charge in [0.05, 0.1) is 41.3 Å². The number of aliphatic hydroxyl groups is 1. The molecule has 0 bridgehead atoms. The van der Waals surface area contributed by atoms with Gasteiger partial charge in [0.15, 0.2) is 5.75 Å². The molecule has 5 amide bonds. The second kappa shape index (κ2) is 17.1. The standard InChI is InChI=1S/C53H57N11O8/c1-29-25-59(32-12-14-61-34(21-32)28-72-46-39(61)7-6-36-45(46)52(71)64(49(36)68)40-8-10-44(66)57-48(40)67)15-16-60(29)33-5-9-43(55-24-33)56-38-19-31(26-58(4)50(38)69)35-11-13-54-47(37(35)27-65)63-18-17-62-41(51(63)70)20-30-22-53(2,3)23-42(30)62/h5-7,9,11,13,19-20,24,26,29,32,34,40,65H,8,10,12,14-18,21-23,25,27-28H2,1-4H3,(H,55,56)(H,57,66,67)/t29-,32-,34?,40?/m0/s1. The minimum absolute atomic E-state index is 0.0554. The molecule has 3 N–H and O–H groups in total. The summed E-state index contributed by atoms with van der Waals surface area (Å²) < 4.78 is 9.99. The van der Waals surface area contributed by atoms with Crippen LogP contribution >= 0.6 is 0 Å². The molecular formula is C53H57N11O8. The van der Waals surface area contributed by atoms with Crippen molar-refractivity contribution >= 4 is 58.2 Å². The fraction of sp³-hybridized carbons (Fsp3) is 0.434. The number of hydrogen-bond acceptors (Lipinski definition) is 14. The van der Waals surface area contributed by atoms with E-state index in [4.69, 9.17) is 9.72 Å². The molecule has 7 aliphatic rings. The molecule has 3 saturated heterocycles. The number of hydrogen-bond donors (Lipinski definition) is 3. The summed E-state index contributed by atoms with van der Waals surface area (Å²) in [5, 5.41) is 16.3. The number of imide groups is 2. The molecule has 72 heavy (non-hydrogen) atoms. The van der Waals surface area contributed by atoms with Gasteiger partial charge in [-0.3, -0.25) is 48.8 Å². The molecule has 5 aromatic rings. The van der Waals surface area contributed by atoms with E-state index < -0.39 is 29.7 Å². The van der Waals surface area contributed by atoms with Crippen LogP contribution in [0.4, 0.5) is 28.7 Å². The van der Waals surface area contributed by atoms with Crippen LogP contribution in [0.5, 0.6) is 5.75 Å². The number of piperazine rings is 1. The van der Waals surface area contributed by atoms with Gasteiger partial charge in [-0.25, -0.2) is 9.97 Å². The Morgan fingerprint density at radius 3 is 2.50 bits per heavy atom. The first-order valence-corrected chi connectivity index (χ1v) is 25.0. The number of anilines is 5. The lowest BCUT2D eigenvalue weighted by Crippen LogP contribution is -2.59. The maximum Gasteiger partial charge on any atom is 0.276 e. The van der Waals surface area contributed by atoms with Gasteiger partial charge < -0.3 is 34.1 Å². The van der Waals surface area contributed by atoms with Gasteiger partial charge in [-0.05, 0) is 98.0 Å². The van der Waals surface area contributed by atoms with E-state index in [1.165, 1.54) is 15.8 Å². The quantitative estimate of drug-likeness (QED) is 0.188. The molecule has 2 unspecified atom stereocenters. The van der Waals surface area contributed by atoms with Gasteiger partial charge in [-0.1, -0.05) is 13.8 Å². The molecule has 19 nitrogen and oxygen atoms in total. The molecule has 3 fully saturated rings. The number of benzene rings is 1. The fourth-order valence-electron chi connectivity index (χ4n) is 12.6. The van der Waals surface area contributed by atoms with Crippen molar-refractivity contribution in [2.75, 3.05) is 59.3 Å². The Morgan fingerprint density at radius 2 is 1.72 bits per heavy atom. The van der Waals surface area contributed by atoms with Gasteiger partial charge in [-0.2, -0.15) is 0 Å². The number of carbonyl (C=O) groups excluding carboxylic acids is 5. The number of pyridine rings is 3. The Hall–Kier alpha value is -7.38. The molecule has 1 aromatic carbocycles. The van der Waals surface area contributed by atoms with Crippen molar-refractivity contribution < 1.29 is 33.8 Å². The normalized spacial score (nSPS) is 23.6. The first-order valence-electron chi connectivity index (χ1n) is 25.0. The largest absolute Gasteiger partial charge is 0.488 e. The molecule has 0 saturated carbocycles. The molecular weight excluding hydrogens is 919 g/mol. The highest BCUT2D eigenvalue weighted by Gasteiger charge is 2.49. The molecule has 372 valence electrons. The van der Waals surface area contributed by atoms with Crippen LogP contribution in [0.15, 0.2) is 65.8 Å². The average molecular weight is 976 g/mol. The lowest BCUT2D eigenvalue weighted by molar-refractivity contribution is -0.136. The predicted molar refractivity (Wildman–Crippen MR) is 267 cm³/mol. The number of aryl methyl sites for hydroxylation is 1. The van der Waals surface area contributed by atoms with Crippen molar-refractivity contribution in [1.29, 1.82) is 0 Å². The monoisotopic (exact) mass is 975 g/mol. The average Bonchev–Trinajstić information content (AvgIpc) is 3.96. The van der Waals surface area contributed by atoms with E-state index in [1.54, 1.807) is 42.5 Å². The van der Waals surface area contributed by atoms with Crippen molar-refractivity contribution in [3.63, 3.8) is 0 Å². The third kappa shape index (κ3) is 7.45. The van der Waals surface area contributed by atoms with Crippen LogP contribution in [0.3, 0.4) is 0 Å². The smallest absolute Gasteiger partial charge is 0.276 e. The van der Waals surface area contributed by atoms with E-state index in [9.17, 15) is 33.9 Å². The first kappa shape index (κ1) is 45.7. The van der Waals surface area contributed by atoms with Crippen LogP contribution < -0.4 is 35.6 Å². The summed E-state index contributed by atoms with van der Waals surface area (Å²) >= 11 is 0. The Morgan fingerprint density at radius 1 is 0.875 bits per heavy atom. The zero-order chi connectivity index (χ0) is 49.9. The van der Waals surface area contributed by atoms with Crippen molar-refractivity contribution in [3.8, 4) is 16.9 Å². The Balaban J connectivity index is 0.694. The summed E-state index contributed by atoms with van der Waals surface area (Å²) in [5.41, 5.74) is 7.36. The van der Waals surface area contributed by atoms with Crippen molar-refractivity contribution in [2.24, 2.45) is 12.5 Å². The molecule has 1 aliphatic carbocycles. The van der Waals surface area contributed by atoms with E-state index in [-0.39, 0.29) is 59.5 Å². The first-order chi connectivity index (χ1) is 34.7. The number of nitrogens with one attached hydrogen (secondary N) is 2. The third-order valence-electron chi connectivity index (χ3n) is 16.0. The van der Waals surface area contributed by atoms with E-state index >= 15 is 0 Å². The lowest BCUT2D eigenvalue weighted by Gasteiger charge is -2.50. The van der Waals surface area contributed by atoms with E-state index in [0.717, 1.165) is 68.1 Å². The summed E-state index contributed by atoms with van der Waals surface area (Å²) in [6, 6.07) is 12.5. The number of rotatable bonds is 8. The van der Waals surface area contributed by atoms with Crippen molar-refractivity contribution in [2.45, 2.75) is 96.6 Å². The Bertz CT molecular complexity index is 3200. The number of carbonyl (C=O) groups is 5. The van der Waals surface area contributed by atoms with Gasteiger partial charge in [0, 0.05) is 94.0 Å². The number of nitrogens with zero attached hydrogens (tertiary/aromatic N) is 9. The number of fused-ring (bicyclic) bond motifs is 8. The topological polar surface area (TPSA) is 208 Å². The molecule has 0 spiro atoms. The van der Waals surface area contributed by atoms with Crippen LogP contribution in [0, 0.1) is 5.41 Å². The SMILES string of the molecule is C[C@H]1CN([C@H]2CCN3c4ccc5c(c4OCC3C2)C(=O)N(C2CCC(=O)NC2=O)C5=O)CCN1c1ccc(Nc2cc(-c3ccnc(N4CCn5c(cc6c5CC(C)(C)C6)C4=O)c3CO)cn(C)c2=O)nc1. The van der Waals surface area contributed by atoms with Crippen molar-refractivity contribution in [3.05, 3.63) is 105 Å². The fourth-order valence-corrected chi connectivity index (χ4v) is 12.6. The number of piperidine rings is 2. The number of aromatic nitrogens is 4. The highest BCUT2D eigenvalue weighted by Crippen LogP contribution is 2.46. The van der Waals surface area contributed by atoms with Gasteiger partial charge in [-0.15, -0.1) is 0 Å². The van der Waals surface area contributed by atoms with Gasteiger partial charge in [0.2, 0.25) is 11.8 Å². The molecule has 19 heteroatoms. The lowest BCUT2D eigenvalue weighted by atomic mass is 9.90.